The summed E-state index contributed by atoms with van der Waals surface area (Å²) in [5.41, 5.74) is 0. The number of carbonyl (C=O) groups is 1. The van der Waals surface area contributed by atoms with Crippen LogP contribution in [0.1, 0.15) is 0 Å². The lowest BCUT2D eigenvalue weighted by molar-refractivity contribution is -0.317. The first-order valence-electron chi connectivity index (χ1n) is 6.82. The van der Waals surface area contributed by atoms with Gasteiger partial charge in [-0.2, -0.15) is 13.2 Å². The molecule has 8 nitrogen and oxygen atoms in total. The van der Waals surface area contributed by atoms with E-state index in [-0.39, 0.29) is 23.2 Å². The van der Waals surface area contributed by atoms with Crippen molar-refractivity contribution in [1.29, 1.82) is 0 Å². The van der Waals surface area contributed by atoms with Crippen molar-refractivity contribution in [2.24, 2.45) is 0 Å². The summed E-state index contributed by atoms with van der Waals surface area (Å²) < 4.78 is 54.9. The molecule has 2 aromatic rings. The molecule has 2 heterocycles. The number of fused-ring (bicyclic) bond motifs is 1. The summed E-state index contributed by atoms with van der Waals surface area (Å²) in [6.07, 6.45) is -3.97. The second-order valence-corrected chi connectivity index (χ2v) is 4.79. The number of anilines is 1. The molecule has 0 saturated heterocycles. The predicted octanol–water partition coefficient (Wildman–Crippen LogP) is 2.29. The third-order valence-electron chi connectivity index (χ3n) is 3.10. The van der Waals surface area contributed by atoms with E-state index in [0.717, 1.165) is 6.33 Å². The highest BCUT2D eigenvalue weighted by atomic mass is 19.4. The van der Waals surface area contributed by atoms with Crippen LogP contribution in [0.3, 0.4) is 0 Å². The normalized spacial score (nSPS) is 14.7. The molecule has 0 unspecified atom stereocenters. The zero-order chi connectivity index (χ0) is 18.1. The number of rotatable bonds is 3. The minimum absolute atomic E-state index is 0.0721. The zero-order valence-corrected chi connectivity index (χ0v) is 12.6. The van der Waals surface area contributed by atoms with Gasteiger partial charge in [0.15, 0.2) is 11.5 Å². The first kappa shape index (κ1) is 16.6. The van der Waals surface area contributed by atoms with Crippen molar-refractivity contribution in [3.05, 3.63) is 36.7 Å². The number of nitrogens with zero attached hydrogens (tertiary/aromatic N) is 2. The molecular weight excluding hydrogens is 345 g/mol. The molecule has 2 amide bonds. The SMILES string of the molecule is COc1cc(NC(=O)NC2(C(F)(F)F)Oc3ccccc3O2)ncn1. The maximum absolute atomic E-state index is 13.5. The van der Waals surface area contributed by atoms with E-state index in [1.807, 2.05) is 0 Å². The van der Waals surface area contributed by atoms with Crippen LogP contribution in [-0.4, -0.2) is 35.2 Å². The number of nitrogens with one attached hydrogen (secondary N) is 2. The van der Waals surface area contributed by atoms with Gasteiger partial charge >= 0.3 is 18.1 Å². The molecule has 0 saturated carbocycles. The predicted molar refractivity (Wildman–Crippen MR) is 77.2 cm³/mol. The standard InChI is InChI=1S/C14H11F3N4O4/c1-23-11-6-10(18-7-19-11)20-12(22)21-14(13(15,16)17)24-8-4-2-3-5-9(8)25-14/h2-7H,1H3,(H2,18,19,20,21,22). The lowest BCUT2D eigenvalue weighted by Gasteiger charge is -2.29. The van der Waals surface area contributed by atoms with Gasteiger partial charge in [0, 0.05) is 6.07 Å². The van der Waals surface area contributed by atoms with Crippen LogP contribution in [0.2, 0.25) is 0 Å². The number of hydrogen-bond acceptors (Lipinski definition) is 6. The van der Waals surface area contributed by atoms with Crippen LogP contribution in [0, 0.1) is 0 Å². The number of carbonyl (C=O) groups excluding carboxylic acids is 1. The monoisotopic (exact) mass is 356 g/mol. The smallest absolute Gasteiger partial charge is 0.481 e. The van der Waals surface area contributed by atoms with Crippen LogP contribution in [-0.2, 0) is 0 Å². The van der Waals surface area contributed by atoms with Gasteiger partial charge < -0.3 is 14.2 Å². The Morgan fingerprint density at radius 3 is 2.40 bits per heavy atom. The number of para-hydroxylation sites is 2. The largest absolute Gasteiger partial charge is 0.492 e. The molecule has 0 atom stereocenters. The first-order chi connectivity index (χ1) is 11.8. The molecular formula is C14H11F3N4O4. The molecule has 2 N–H and O–H groups in total. The van der Waals surface area contributed by atoms with Crippen LogP contribution < -0.4 is 24.8 Å². The molecule has 0 radical (unpaired) electrons. The molecule has 3 rings (SSSR count). The van der Waals surface area contributed by atoms with Crippen molar-refractivity contribution in [2.75, 3.05) is 12.4 Å². The molecule has 0 spiro atoms. The van der Waals surface area contributed by atoms with E-state index in [1.165, 1.54) is 37.4 Å². The maximum Gasteiger partial charge on any atom is 0.492 e. The van der Waals surface area contributed by atoms with E-state index in [2.05, 4.69) is 15.3 Å². The summed E-state index contributed by atoms with van der Waals surface area (Å²) >= 11 is 0. The number of aromatic nitrogens is 2. The molecule has 25 heavy (non-hydrogen) atoms. The quantitative estimate of drug-likeness (QED) is 0.876. The van der Waals surface area contributed by atoms with Gasteiger partial charge in [-0.1, -0.05) is 12.1 Å². The molecule has 132 valence electrons. The molecule has 11 heteroatoms. The molecule has 0 aliphatic carbocycles. The Morgan fingerprint density at radius 2 is 1.84 bits per heavy atom. The topological polar surface area (TPSA) is 94.6 Å². The van der Waals surface area contributed by atoms with Gasteiger partial charge in [-0.15, -0.1) is 0 Å². The lowest BCUT2D eigenvalue weighted by Crippen LogP contribution is -2.65. The van der Waals surface area contributed by atoms with E-state index >= 15 is 0 Å². The van der Waals surface area contributed by atoms with Crippen LogP contribution in [0.5, 0.6) is 17.4 Å². The molecule has 1 aliphatic heterocycles. The Labute approximate surface area is 138 Å². The molecule has 0 fully saturated rings. The number of benzene rings is 1. The van der Waals surface area contributed by atoms with Gasteiger partial charge in [0.25, 0.3) is 0 Å². The Balaban J connectivity index is 1.79. The maximum atomic E-state index is 13.5. The minimum Gasteiger partial charge on any atom is -0.481 e. The molecule has 1 aromatic carbocycles. The van der Waals surface area contributed by atoms with Crippen molar-refractivity contribution in [2.45, 2.75) is 12.1 Å². The number of alkyl halides is 3. The summed E-state index contributed by atoms with van der Waals surface area (Å²) in [6, 6.07) is 5.51. The Kier molecular flexibility index (Phi) is 3.99. The Bertz CT molecular complexity index is 775. The average Bonchev–Trinajstić information content (AvgIpc) is 2.94. The van der Waals surface area contributed by atoms with Gasteiger partial charge in [-0.05, 0) is 12.1 Å². The highest BCUT2D eigenvalue weighted by molar-refractivity contribution is 5.88. The third kappa shape index (κ3) is 3.20. The molecule has 1 aromatic heterocycles. The van der Waals surface area contributed by atoms with E-state index in [1.54, 1.807) is 5.32 Å². The number of halogens is 3. The van der Waals surface area contributed by atoms with Crippen molar-refractivity contribution in [3.8, 4) is 17.4 Å². The van der Waals surface area contributed by atoms with Crippen molar-refractivity contribution in [3.63, 3.8) is 0 Å². The fourth-order valence-corrected chi connectivity index (χ4v) is 2.00. The van der Waals surface area contributed by atoms with E-state index < -0.39 is 18.1 Å². The summed E-state index contributed by atoms with van der Waals surface area (Å²) in [7, 11) is 1.34. The highest BCUT2D eigenvalue weighted by Gasteiger charge is 2.65. The number of urea groups is 1. The second kappa shape index (κ2) is 6.00. The van der Waals surface area contributed by atoms with Gasteiger partial charge in [0.1, 0.15) is 12.1 Å². The molecule has 0 bridgehead atoms. The van der Waals surface area contributed by atoms with Crippen LogP contribution >= 0.6 is 0 Å². The summed E-state index contributed by atoms with van der Waals surface area (Å²) in [5, 5.41) is 3.77. The van der Waals surface area contributed by atoms with Crippen LogP contribution in [0.4, 0.5) is 23.8 Å². The third-order valence-corrected chi connectivity index (χ3v) is 3.10. The van der Waals surface area contributed by atoms with E-state index in [0.29, 0.717) is 0 Å². The highest BCUT2D eigenvalue weighted by Crippen LogP contribution is 2.44. The second-order valence-electron chi connectivity index (χ2n) is 4.79. The van der Waals surface area contributed by atoms with Gasteiger partial charge in [-0.25, -0.2) is 14.8 Å². The van der Waals surface area contributed by atoms with Gasteiger partial charge in [0.05, 0.1) is 7.11 Å². The summed E-state index contributed by atoms with van der Waals surface area (Å²) in [6.45, 7) is 0. The van der Waals surface area contributed by atoms with E-state index in [4.69, 9.17) is 14.2 Å². The van der Waals surface area contributed by atoms with Crippen molar-refractivity contribution < 1.29 is 32.2 Å². The fourth-order valence-electron chi connectivity index (χ4n) is 2.00. The van der Waals surface area contributed by atoms with Crippen molar-refractivity contribution in [1.82, 2.24) is 15.3 Å². The fraction of sp³-hybridized carbons (Fsp3) is 0.214. The Hall–Kier alpha value is -3.24. The van der Waals surface area contributed by atoms with Gasteiger partial charge in [0.2, 0.25) is 5.88 Å². The Morgan fingerprint density at radius 1 is 1.20 bits per heavy atom. The van der Waals surface area contributed by atoms with E-state index in [9.17, 15) is 18.0 Å². The number of methoxy groups -OCH3 is 1. The van der Waals surface area contributed by atoms with Crippen LogP contribution in [0.15, 0.2) is 36.7 Å². The molecule has 1 aliphatic rings. The zero-order valence-electron chi connectivity index (χ0n) is 12.6. The average molecular weight is 356 g/mol. The summed E-state index contributed by atoms with van der Waals surface area (Å²) in [4.78, 5) is 19.4. The number of hydrogen-bond donors (Lipinski definition) is 2. The first-order valence-corrected chi connectivity index (χ1v) is 6.82. The summed E-state index contributed by atoms with van der Waals surface area (Å²) in [5.74, 6) is -3.60. The lowest BCUT2D eigenvalue weighted by atomic mass is 10.3. The van der Waals surface area contributed by atoms with Crippen LogP contribution in [0.25, 0.3) is 0 Å². The van der Waals surface area contributed by atoms with Crippen molar-refractivity contribution >= 4 is 11.8 Å². The number of ether oxygens (including phenoxy) is 3. The minimum atomic E-state index is -5.05. The van der Waals surface area contributed by atoms with Gasteiger partial charge in [-0.3, -0.25) is 10.6 Å². The number of amides is 2.